The van der Waals surface area contributed by atoms with E-state index in [9.17, 15) is 4.79 Å². The number of rotatable bonds is 5. The van der Waals surface area contributed by atoms with E-state index in [2.05, 4.69) is 24.3 Å². The van der Waals surface area contributed by atoms with Gasteiger partial charge in [0.1, 0.15) is 12.4 Å². The lowest BCUT2D eigenvalue weighted by atomic mass is 10.1. The zero-order valence-electron chi connectivity index (χ0n) is 12.4. The van der Waals surface area contributed by atoms with E-state index in [1.807, 2.05) is 42.5 Å². The molecule has 3 rings (SSSR count). The highest BCUT2D eigenvalue weighted by atomic mass is 35.5. The fourth-order valence-electron chi connectivity index (χ4n) is 2.42. The molecule has 0 saturated carbocycles. The number of carbonyl (C=O) groups excluding carboxylic acids is 1. The van der Waals surface area contributed by atoms with E-state index < -0.39 is 5.24 Å². The average Bonchev–Trinajstić information content (AvgIpc) is 2.59. The van der Waals surface area contributed by atoms with Gasteiger partial charge in [0.25, 0.3) is 0 Å². The van der Waals surface area contributed by atoms with Crippen molar-refractivity contribution in [3.63, 3.8) is 0 Å². The Labute approximate surface area is 140 Å². The Morgan fingerprint density at radius 2 is 1.70 bits per heavy atom. The molecular formula is C20H15ClO2. The Hall–Kier alpha value is -2.58. The third kappa shape index (κ3) is 3.99. The molecule has 0 radical (unpaired) electrons. The van der Waals surface area contributed by atoms with Crippen LogP contribution in [0.1, 0.15) is 11.1 Å². The Morgan fingerprint density at radius 1 is 0.957 bits per heavy atom. The van der Waals surface area contributed by atoms with Crippen LogP contribution < -0.4 is 4.74 Å². The highest BCUT2D eigenvalue weighted by Gasteiger charge is 2.01. The van der Waals surface area contributed by atoms with E-state index in [0.29, 0.717) is 6.61 Å². The van der Waals surface area contributed by atoms with Crippen molar-refractivity contribution in [3.8, 4) is 5.75 Å². The van der Waals surface area contributed by atoms with Crippen molar-refractivity contribution < 1.29 is 9.53 Å². The van der Waals surface area contributed by atoms with Gasteiger partial charge in [-0.25, -0.2) is 0 Å². The normalized spacial score (nSPS) is 11.0. The molecule has 2 nitrogen and oxygen atoms in total. The zero-order valence-corrected chi connectivity index (χ0v) is 13.2. The van der Waals surface area contributed by atoms with E-state index in [1.165, 1.54) is 16.8 Å². The van der Waals surface area contributed by atoms with Crippen LogP contribution in [-0.4, -0.2) is 5.24 Å². The van der Waals surface area contributed by atoms with E-state index >= 15 is 0 Å². The smallest absolute Gasteiger partial charge is 0.245 e. The quantitative estimate of drug-likeness (QED) is 0.477. The molecule has 0 saturated heterocycles. The van der Waals surface area contributed by atoms with Crippen molar-refractivity contribution in [2.24, 2.45) is 0 Å². The van der Waals surface area contributed by atoms with E-state index in [1.54, 1.807) is 6.08 Å². The number of hydrogen-bond acceptors (Lipinski definition) is 2. The minimum absolute atomic E-state index is 0.485. The third-order valence-corrected chi connectivity index (χ3v) is 3.69. The van der Waals surface area contributed by atoms with Crippen molar-refractivity contribution in [1.29, 1.82) is 0 Å². The topological polar surface area (TPSA) is 26.3 Å². The number of allylic oxidation sites excluding steroid dienone is 1. The maximum absolute atomic E-state index is 10.7. The molecule has 0 aliphatic rings. The summed E-state index contributed by atoms with van der Waals surface area (Å²) in [5.74, 6) is 0.785. The highest BCUT2D eigenvalue weighted by Crippen LogP contribution is 2.21. The monoisotopic (exact) mass is 322 g/mol. The van der Waals surface area contributed by atoms with Gasteiger partial charge in [0, 0.05) is 0 Å². The number of ether oxygens (including phenoxy) is 1. The Kier molecular flexibility index (Phi) is 4.74. The van der Waals surface area contributed by atoms with E-state index in [-0.39, 0.29) is 0 Å². The lowest BCUT2D eigenvalue weighted by Crippen LogP contribution is -1.96. The summed E-state index contributed by atoms with van der Waals surface area (Å²) in [5.41, 5.74) is 2.05. The molecule has 3 heteroatoms. The lowest BCUT2D eigenvalue weighted by molar-refractivity contribution is -0.107. The van der Waals surface area contributed by atoms with Crippen LogP contribution >= 0.6 is 11.6 Å². The summed E-state index contributed by atoms with van der Waals surface area (Å²) in [6, 6.07) is 22.0. The van der Waals surface area contributed by atoms with Gasteiger partial charge >= 0.3 is 0 Å². The summed E-state index contributed by atoms with van der Waals surface area (Å²) < 4.78 is 5.86. The first-order chi connectivity index (χ1) is 11.2. The van der Waals surface area contributed by atoms with E-state index in [4.69, 9.17) is 16.3 Å². The first-order valence-electron chi connectivity index (χ1n) is 7.29. The molecule has 0 aliphatic heterocycles. The molecule has 0 aliphatic carbocycles. The Balaban J connectivity index is 1.71. The molecule has 0 aromatic heterocycles. The summed E-state index contributed by atoms with van der Waals surface area (Å²) in [4.78, 5) is 10.7. The lowest BCUT2D eigenvalue weighted by Gasteiger charge is -2.09. The summed E-state index contributed by atoms with van der Waals surface area (Å²) in [5, 5.41) is 1.93. The molecule has 0 N–H and O–H groups in total. The standard InChI is InChI=1S/C20H15ClO2/c21-20(22)13-10-15-8-11-18(12-9-15)23-14-17-6-3-5-16-4-1-2-7-19(16)17/h1-13H,14H2/b13-10+. The molecule has 23 heavy (non-hydrogen) atoms. The summed E-state index contributed by atoms with van der Waals surface area (Å²) >= 11 is 5.27. The number of fused-ring (bicyclic) bond motifs is 1. The third-order valence-electron chi connectivity index (χ3n) is 3.56. The average molecular weight is 323 g/mol. The first-order valence-corrected chi connectivity index (χ1v) is 7.67. The molecule has 114 valence electrons. The maximum atomic E-state index is 10.7. The van der Waals surface area contributed by atoms with Crippen molar-refractivity contribution in [2.45, 2.75) is 6.61 Å². The molecule has 0 spiro atoms. The van der Waals surface area contributed by atoms with Crippen LogP contribution in [0.2, 0.25) is 0 Å². The second-order valence-electron chi connectivity index (χ2n) is 5.13. The number of halogens is 1. The molecule has 0 atom stereocenters. The van der Waals surface area contributed by atoms with Crippen LogP contribution in [0.15, 0.2) is 72.8 Å². The number of carbonyl (C=O) groups is 1. The van der Waals surface area contributed by atoms with Crippen molar-refractivity contribution in [2.75, 3.05) is 0 Å². The van der Waals surface area contributed by atoms with Gasteiger partial charge in [-0.1, -0.05) is 60.7 Å². The predicted octanol–water partition coefficient (Wildman–Crippen LogP) is 5.20. The fourth-order valence-corrected chi connectivity index (χ4v) is 2.48. The van der Waals surface area contributed by atoms with Crippen molar-refractivity contribution >= 4 is 33.7 Å². The van der Waals surface area contributed by atoms with Gasteiger partial charge in [-0.2, -0.15) is 0 Å². The largest absolute Gasteiger partial charge is 0.489 e. The number of benzene rings is 3. The maximum Gasteiger partial charge on any atom is 0.245 e. The SMILES string of the molecule is O=C(Cl)/C=C/c1ccc(OCc2cccc3ccccc23)cc1. The molecule has 3 aromatic rings. The summed E-state index contributed by atoms with van der Waals surface area (Å²) in [7, 11) is 0. The molecule has 0 bridgehead atoms. The van der Waals surface area contributed by atoms with Gasteiger partial charge in [-0.3, -0.25) is 4.79 Å². The molecular weight excluding hydrogens is 308 g/mol. The molecule has 0 fully saturated rings. The second-order valence-corrected chi connectivity index (χ2v) is 5.51. The molecule has 0 unspecified atom stereocenters. The molecule has 0 heterocycles. The van der Waals surface area contributed by atoms with Crippen LogP contribution in [0.3, 0.4) is 0 Å². The molecule has 0 amide bonds. The minimum Gasteiger partial charge on any atom is -0.489 e. The predicted molar refractivity (Wildman–Crippen MR) is 94.6 cm³/mol. The van der Waals surface area contributed by atoms with Crippen LogP contribution in [0.4, 0.5) is 0 Å². The summed E-state index contributed by atoms with van der Waals surface area (Å²) in [6.45, 7) is 0.511. The van der Waals surface area contributed by atoms with Gasteiger partial charge in [-0.15, -0.1) is 0 Å². The molecule has 3 aromatic carbocycles. The second kappa shape index (κ2) is 7.12. The van der Waals surface area contributed by atoms with Crippen LogP contribution in [0, 0.1) is 0 Å². The van der Waals surface area contributed by atoms with Crippen LogP contribution in [-0.2, 0) is 11.4 Å². The van der Waals surface area contributed by atoms with E-state index in [0.717, 1.165) is 16.9 Å². The highest BCUT2D eigenvalue weighted by molar-refractivity contribution is 6.66. The van der Waals surface area contributed by atoms with Crippen molar-refractivity contribution in [1.82, 2.24) is 0 Å². The first kappa shape index (κ1) is 15.3. The van der Waals surface area contributed by atoms with Crippen LogP contribution in [0.25, 0.3) is 16.8 Å². The Morgan fingerprint density at radius 3 is 2.48 bits per heavy atom. The van der Waals surface area contributed by atoms with Gasteiger partial charge in [0.15, 0.2) is 0 Å². The number of hydrogen-bond donors (Lipinski definition) is 0. The Bertz CT molecular complexity index is 846. The minimum atomic E-state index is -0.485. The van der Waals surface area contributed by atoms with Gasteiger partial charge in [0.2, 0.25) is 5.24 Å². The van der Waals surface area contributed by atoms with Crippen molar-refractivity contribution in [3.05, 3.63) is 83.9 Å². The van der Waals surface area contributed by atoms with Gasteiger partial charge < -0.3 is 4.74 Å². The zero-order chi connectivity index (χ0) is 16.1. The van der Waals surface area contributed by atoms with Gasteiger partial charge in [-0.05, 0) is 51.7 Å². The summed E-state index contributed by atoms with van der Waals surface area (Å²) in [6.07, 6.45) is 3.00. The fraction of sp³-hybridized carbons (Fsp3) is 0.0500. The van der Waals surface area contributed by atoms with Crippen LogP contribution in [0.5, 0.6) is 5.75 Å². The van der Waals surface area contributed by atoms with Gasteiger partial charge in [0.05, 0.1) is 0 Å².